The summed E-state index contributed by atoms with van der Waals surface area (Å²) in [5.74, 6) is -3.15. The zero-order chi connectivity index (χ0) is 10.9. The molecular weight excluding hydrogens is 180 g/mol. The van der Waals surface area contributed by atoms with Crippen LogP contribution in [-0.4, -0.2) is 43.6 Å². The van der Waals surface area contributed by atoms with Crippen LogP contribution in [-0.2, 0) is 9.59 Å². The number of aliphatic hydroxyl groups is 2. The summed E-state index contributed by atoms with van der Waals surface area (Å²) in [6.45, 7) is 1.85. The Morgan fingerprint density at radius 1 is 1.00 bits per heavy atom. The molecule has 2 atom stereocenters. The fraction of sp³-hybridized carbons (Fsp3) is 0.714. The van der Waals surface area contributed by atoms with Gasteiger partial charge >= 0.3 is 11.9 Å². The van der Waals surface area contributed by atoms with Crippen LogP contribution >= 0.6 is 0 Å². The lowest BCUT2D eigenvalue weighted by molar-refractivity contribution is -0.172. The van der Waals surface area contributed by atoms with Gasteiger partial charge in [-0.2, -0.15) is 0 Å². The fourth-order valence-electron chi connectivity index (χ4n) is 0.821. The van der Waals surface area contributed by atoms with Gasteiger partial charge in [-0.1, -0.05) is 0 Å². The van der Waals surface area contributed by atoms with Gasteiger partial charge in [0, 0.05) is 6.42 Å². The van der Waals surface area contributed by atoms with E-state index in [-0.39, 0.29) is 0 Å². The Bertz CT molecular complexity index is 205. The third-order valence-electron chi connectivity index (χ3n) is 1.61. The molecule has 76 valence electrons. The zero-order valence-electron chi connectivity index (χ0n) is 7.31. The Balaban J connectivity index is 4.61. The van der Waals surface area contributed by atoms with Gasteiger partial charge in [0.25, 0.3) is 0 Å². The van der Waals surface area contributed by atoms with Crippen molar-refractivity contribution in [3.63, 3.8) is 0 Å². The summed E-state index contributed by atoms with van der Waals surface area (Å²) >= 11 is 0. The van der Waals surface area contributed by atoms with E-state index in [0.717, 1.165) is 13.8 Å². The molecule has 0 aliphatic heterocycles. The highest BCUT2D eigenvalue weighted by molar-refractivity contribution is 5.81. The highest BCUT2D eigenvalue weighted by Crippen LogP contribution is 2.20. The van der Waals surface area contributed by atoms with Crippen LogP contribution in [0.5, 0.6) is 0 Å². The van der Waals surface area contributed by atoms with E-state index in [1.807, 2.05) is 0 Å². The van der Waals surface area contributed by atoms with E-state index < -0.39 is 29.6 Å². The van der Waals surface area contributed by atoms with Crippen LogP contribution in [0.2, 0.25) is 0 Å². The minimum absolute atomic E-state index is 0.773. The Morgan fingerprint density at radius 2 is 1.23 bits per heavy atom. The van der Waals surface area contributed by atoms with Gasteiger partial charge in [0.15, 0.2) is 11.2 Å². The molecule has 0 aliphatic rings. The first-order valence-corrected chi connectivity index (χ1v) is 3.51. The van der Waals surface area contributed by atoms with Crippen molar-refractivity contribution in [1.82, 2.24) is 0 Å². The van der Waals surface area contributed by atoms with E-state index in [1.54, 1.807) is 0 Å². The normalized spacial score (nSPS) is 20.0. The monoisotopic (exact) mass is 192 g/mol. The van der Waals surface area contributed by atoms with Gasteiger partial charge in [0.1, 0.15) is 0 Å². The van der Waals surface area contributed by atoms with Crippen molar-refractivity contribution in [2.75, 3.05) is 0 Å². The molecule has 0 saturated heterocycles. The van der Waals surface area contributed by atoms with E-state index in [2.05, 4.69) is 0 Å². The molecule has 0 spiro atoms. The van der Waals surface area contributed by atoms with Crippen LogP contribution in [0.15, 0.2) is 0 Å². The van der Waals surface area contributed by atoms with Crippen molar-refractivity contribution in [3.8, 4) is 0 Å². The van der Waals surface area contributed by atoms with Gasteiger partial charge in [-0.3, -0.25) is 0 Å². The molecule has 0 amide bonds. The smallest absolute Gasteiger partial charge is 0.335 e. The number of hydrogen-bond donors (Lipinski definition) is 4. The third-order valence-corrected chi connectivity index (χ3v) is 1.61. The van der Waals surface area contributed by atoms with Crippen molar-refractivity contribution in [1.29, 1.82) is 0 Å². The molecule has 6 nitrogen and oxygen atoms in total. The van der Waals surface area contributed by atoms with Crippen LogP contribution in [0, 0.1) is 0 Å². The maximum absolute atomic E-state index is 10.4. The zero-order valence-corrected chi connectivity index (χ0v) is 7.31. The van der Waals surface area contributed by atoms with Gasteiger partial charge in [-0.15, -0.1) is 0 Å². The number of carbonyl (C=O) groups is 2. The van der Waals surface area contributed by atoms with Crippen molar-refractivity contribution in [3.05, 3.63) is 0 Å². The number of carboxylic acids is 2. The summed E-state index contributed by atoms with van der Waals surface area (Å²) in [4.78, 5) is 20.7. The molecule has 0 aliphatic carbocycles. The lowest BCUT2D eigenvalue weighted by atomic mass is 9.90. The Hall–Kier alpha value is -1.14. The molecule has 0 rings (SSSR count). The summed E-state index contributed by atoms with van der Waals surface area (Å²) in [7, 11) is 0. The number of carboxylic acid groups (broad SMARTS) is 2. The lowest BCUT2D eigenvalue weighted by Gasteiger charge is -2.26. The first-order valence-electron chi connectivity index (χ1n) is 3.51. The molecule has 0 bridgehead atoms. The second-order valence-corrected chi connectivity index (χ2v) is 3.33. The average Bonchev–Trinajstić information content (AvgIpc) is 1.83. The van der Waals surface area contributed by atoms with Crippen LogP contribution < -0.4 is 0 Å². The Kier molecular flexibility index (Phi) is 3.02. The molecule has 0 saturated carbocycles. The molecule has 0 fully saturated rings. The maximum Gasteiger partial charge on any atom is 0.335 e. The van der Waals surface area contributed by atoms with Crippen LogP contribution in [0.25, 0.3) is 0 Å². The van der Waals surface area contributed by atoms with Crippen LogP contribution in [0.1, 0.15) is 20.3 Å². The molecule has 0 radical (unpaired) electrons. The van der Waals surface area contributed by atoms with E-state index in [9.17, 15) is 9.59 Å². The molecule has 0 aromatic carbocycles. The van der Waals surface area contributed by atoms with Gasteiger partial charge in [0.2, 0.25) is 0 Å². The minimum atomic E-state index is -2.25. The number of hydrogen-bond acceptors (Lipinski definition) is 4. The van der Waals surface area contributed by atoms with Gasteiger partial charge in [0.05, 0.1) is 0 Å². The quantitative estimate of drug-likeness (QED) is 0.456. The van der Waals surface area contributed by atoms with Gasteiger partial charge in [-0.05, 0) is 13.8 Å². The first kappa shape index (κ1) is 11.9. The summed E-state index contributed by atoms with van der Waals surface area (Å²) in [6.07, 6.45) is -0.773. The molecule has 0 aromatic rings. The minimum Gasteiger partial charge on any atom is -0.479 e. The topological polar surface area (TPSA) is 115 Å². The average molecular weight is 192 g/mol. The molecule has 13 heavy (non-hydrogen) atoms. The highest BCUT2D eigenvalue weighted by atomic mass is 16.4. The van der Waals surface area contributed by atoms with Crippen molar-refractivity contribution >= 4 is 11.9 Å². The van der Waals surface area contributed by atoms with Crippen LogP contribution in [0.3, 0.4) is 0 Å². The van der Waals surface area contributed by atoms with E-state index in [0.29, 0.717) is 0 Å². The van der Waals surface area contributed by atoms with E-state index >= 15 is 0 Å². The Morgan fingerprint density at radius 3 is 1.38 bits per heavy atom. The molecular formula is C7H12O6. The molecule has 6 heteroatoms. The van der Waals surface area contributed by atoms with E-state index in [4.69, 9.17) is 20.4 Å². The summed E-state index contributed by atoms with van der Waals surface area (Å²) in [5.41, 5.74) is -4.50. The molecule has 0 heterocycles. The second-order valence-electron chi connectivity index (χ2n) is 3.33. The van der Waals surface area contributed by atoms with Gasteiger partial charge in [-0.25, -0.2) is 9.59 Å². The fourth-order valence-corrected chi connectivity index (χ4v) is 0.821. The summed E-state index contributed by atoms with van der Waals surface area (Å²) < 4.78 is 0. The maximum atomic E-state index is 10.4. The summed E-state index contributed by atoms with van der Waals surface area (Å²) in [6, 6.07) is 0. The molecule has 4 N–H and O–H groups in total. The Labute approximate surface area is 74.4 Å². The molecule has 0 aromatic heterocycles. The SMILES string of the molecule is CC(O)(CC(C)(O)C(=O)O)C(=O)O. The molecule has 2 unspecified atom stereocenters. The second kappa shape index (κ2) is 3.31. The third kappa shape index (κ3) is 3.00. The lowest BCUT2D eigenvalue weighted by Crippen LogP contribution is -2.47. The number of rotatable bonds is 4. The predicted octanol–water partition coefficient (Wildman–Crippen LogP) is -0.952. The van der Waals surface area contributed by atoms with Crippen molar-refractivity contribution in [2.24, 2.45) is 0 Å². The largest absolute Gasteiger partial charge is 0.479 e. The van der Waals surface area contributed by atoms with E-state index in [1.165, 1.54) is 0 Å². The standard InChI is InChI=1S/C7H12O6/c1-6(12,4(8)9)3-7(2,13)5(10)11/h12-13H,3H2,1-2H3,(H,8,9)(H,10,11). The van der Waals surface area contributed by atoms with Gasteiger partial charge < -0.3 is 20.4 Å². The summed E-state index contributed by atoms with van der Waals surface area (Å²) in [5, 5.41) is 35.2. The number of aliphatic carboxylic acids is 2. The highest BCUT2D eigenvalue weighted by Gasteiger charge is 2.42. The van der Waals surface area contributed by atoms with Crippen molar-refractivity contribution in [2.45, 2.75) is 31.5 Å². The predicted molar refractivity (Wildman–Crippen MR) is 41.1 cm³/mol. The van der Waals surface area contributed by atoms with Crippen molar-refractivity contribution < 1.29 is 30.0 Å². The first-order chi connectivity index (χ1) is 5.59. The van der Waals surface area contributed by atoms with Crippen LogP contribution in [0.4, 0.5) is 0 Å².